The molecule has 0 amide bonds. The SMILES string of the molecule is CCn1cc(C(C)NC2CC=CCC2)cn1. The van der Waals surface area contributed by atoms with Crippen LogP contribution in [-0.4, -0.2) is 15.8 Å². The summed E-state index contributed by atoms with van der Waals surface area (Å²) in [6.07, 6.45) is 12.3. The molecule has 1 aliphatic carbocycles. The van der Waals surface area contributed by atoms with E-state index in [1.807, 2.05) is 10.9 Å². The predicted octanol–water partition coefficient (Wildman–Crippen LogP) is 2.66. The first-order valence-corrected chi connectivity index (χ1v) is 6.23. The highest BCUT2D eigenvalue weighted by molar-refractivity contribution is 5.10. The number of rotatable bonds is 4. The molecule has 0 fully saturated rings. The van der Waals surface area contributed by atoms with Crippen LogP contribution in [0.25, 0.3) is 0 Å². The van der Waals surface area contributed by atoms with Crippen molar-refractivity contribution in [3.63, 3.8) is 0 Å². The fourth-order valence-corrected chi connectivity index (χ4v) is 2.17. The molecule has 0 bridgehead atoms. The van der Waals surface area contributed by atoms with Gasteiger partial charge in [-0.25, -0.2) is 0 Å². The lowest BCUT2D eigenvalue weighted by molar-refractivity contribution is 0.426. The Morgan fingerprint density at radius 3 is 3.06 bits per heavy atom. The zero-order valence-corrected chi connectivity index (χ0v) is 10.2. The molecule has 2 atom stereocenters. The number of hydrogen-bond donors (Lipinski definition) is 1. The lowest BCUT2D eigenvalue weighted by atomic mass is 10.0. The first-order chi connectivity index (χ1) is 7.79. The Hall–Kier alpha value is -1.09. The number of nitrogens with one attached hydrogen (secondary N) is 1. The summed E-state index contributed by atoms with van der Waals surface area (Å²) in [5.74, 6) is 0. The van der Waals surface area contributed by atoms with Crippen LogP contribution in [0.4, 0.5) is 0 Å². The van der Waals surface area contributed by atoms with Gasteiger partial charge in [0.25, 0.3) is 0 Å². The van der Waals surface area contributed by atoms with Gasteiger partial charge in [-0.15, -0.1) is 0 Å². The van der Waals surface area contributed by atoms with E-state index in [9.17, 15) is 0 Å². The van der Waals surface area contributed by atoms with Crippen LogP contribution < -0.4 is 5.32 Å². The Kier molecular flexibility index (Phi) is 3.78. The van der Waals surface area contributed by atoms with E-state index in [2.05, 4.69) is 42.6 Å². The highest BCUT2D eigenvalue weighted by Gasteiger charge is 2.14. The average molecular weight is 219 g/mol. The van der Waals surface area contributed by atoms with Crippen molar-refractivity contribution >= 4 is 0 Å². The fourth-order valence-electron chi connectivity index (χ4n) is 2.17. The summed E-state index contributed by atoms with van der Waals surface area (Å²) < 4.78 is 1.98. The van der Waals surface area contributed by atoms with E-state index in [1.54, 1.807) is 0 Å². The molecule has 1 aromatic rings. The van der Waals surface area contributed by atoms with Gasteiger partial charge in [-0.1, -0.05) is 12.2 Å². The maximum absolute atomic E-state index is 4.31. The monoisotopic (exact) mass is 219 g/mol. The van der Waals surface area contributed by atoms with Crippen molar-refractivity contribution in [1.82, 2.24) is 15.1 Å². The molecule has 1 N–H and O–H groups in total. The van der Waals surface area contributed by atoms with Gasteiger partial charge >= 0.3 is 0 Å². The molecule has 0 spiro atoms. The van der Waals surface area contributed by atoms with E-state index in [0.29, 0.717) is 12.1 Å². The third-order valence-electron chi connectivity index (χ3n) is 3.23. The molecule has 16 heavy (non-hydrogen) atoms. The summed E-state index contributed by atoms with van der Waals surface area (Å²) in [6.45, 7) is 5.27. The molecule has 1 heterocycles. The highest BCUT2D eigenvalue weighted by atomic mass is 15.3. The third-order valence-corrected chi connectivity index (χ3v) is 3.23. The van der Waals surface area contributed by atoms with E-state index in [0.717, 1.165) is 13.0 Å². The minimum atomic E-state index is 0.400. The second-order valence-corrected chi connectivity index (χ2v) is 4.50. The summed E-state index contributed by atoms with van der Waals surface area (Å²) in [4.78, 5) is 0. The van der Waals surface area contributed by atoms with Crippen LogP contribution in [0, 0.1) is 0 Å². The van der Waals surface area contributed by atoms with Crippen molar-refractivity contribution < 1.29 is 0 Å². The van der Waals surface area contributed by atoms with Gasteiger partial charge in [0.05, 0.1) is 6.20 Å². The second kappa shape index (κ2) is 5.30. The molecule has 0 radical (unpaired) electrons. The maximum atomic E-state index is 4.31. The third kappa shape index (κ3) is 2.73. The molecular weight excluding hydrogens is 198 g/mol. The smallest absolute Gasteiger partial charge is 0.0537 e. The lowest BCUT2D eigenvalue weighted by Crippen LogP contribution is -2.31. The number of nitrogens with zero attached hydrogens (tertiary/aromatic N) is 2. The van der Waals surface area contributed by atoms with Gasteiger partial charge in [0, 0.05) is 30.4 Å². The van der Waals surface area contributed by atoms with E-state index in [-0.39, 0.29) is 0 Å². The quantitative estimate of drug-likeness (QED) is 0.789. The minimum Gasteiger partial charge on any atom is -0.307 e. The van der Waals surface area contributed by atoms with Crippen molar-refractivity contribution in [2.75, 3.05) is 0 Å². The van der Waals surface area contributed by atoms with Crippen molar-refractivity contribution in [2.24, 2.45) is 0 Å². The Bertz CT molecular complexity index is 354. The van der Waals surface area contributed by atoms with Crippen LogP contribution in [0.2, 0.25) is 0 Å². The lowest BCUT2D eigenvalue weighted by Gasteiger charge is -2.23. The van der Waals surface area contributed by atoms with Crippen LogP contribution in [0.15, 0.2) is 24.5 Å². The number of aryl methyl sites for hydroxylation is 1. The molecule has 3 heteroatoms. The topological polar surface area (TPSA) is 29.9 Å². The summed E-state index contributed by atoms with van der Waals surface area (Å²) in [7, 11) is 0. The summed E-state index contributed by atoms with van der Waals surface area (Å²) in [5.41, 5.74) is 1.29. The van der Waals surface area contributed by atoms with E-state index < -0.39 is 0 Å². The highest BCUT2D eigenvalue weighted by Crippen LogP contribution is 2.17. The summed E-state index contributed by atoms with van der Waals surface area (Å²) in [5, 5.41) is 7.98. The van der Waals surface area contributed by atoms with Crippen molar-refractivity contribution in [1.29, 1.82) is 0 Å². The molecule has 1 aromatic heterocycles. The van der Waals surface area contributed by atoms with Gasteiger partial charge in [-0.2, -0.15) is 5.10 Å². The second-order valence-electron chi connectivity index (χ2n) is 4.50. The van der Waals surface area contributed by atoms with E-state index >= 15 is 0 Å². The van der Waals surface area contributed by atoms with Crippen LogP contribution in [-0.2, 0) is 6.54 Å². The van der Waals surface area contributed by atoms with Gasteiger partial charge in [-0.3, -0.25) is 4.68 Å². The van der Waals surface area contributed by atoms with Gasteiger partial charge in [0.15, 0.2) is 0 Å². The molecule has 2 rings (SSSR count). The molecule has 0 saturated heterocycles. The zero-order chi connectivity index (χ0) is 11.4. The molecule has 0 aliphatic heterocycles. The molecule has 3 nitrogen and oxygen atoms in total. The maximum Gasteiger partial charge on any atom is 0.0537 e. The van der Waals surface area contributed by atoms with Crippen LogP contribution in [0.3, 0.4) is 0 Å². The normalized spacial score (nSPS) is 22.2. The average Bonchev–Trinajstić information content (AvgIpc) is 2.79. The first kappa shape index (κ1) is 11.4. The van der Waals surface area contributed by atoms with Gasteiger partial charge in [-0.05, 0) is 33.1 Å². The van der Waals surface area contributed by atoms with Gasteiger partial charge < -0.3 is 5.32 Å². The summed E-state index contributed by atoms with van der Waals surface area (Å²) in [6, 6.07) is 1.03. The van der Waals surface area contributed by atoms with E-state index in [4.69, 9.17) is 0 Å². The Morgan fingerprint density at radius 1 is 1.56 bits per heavy atom. The van der Waals surface area contributed by atoms with Crippen molar-refractivity contribution in [3.05, 3.63) is 30.1 Å². The first-order valence-electron chi connectivity index (χ1n) is 6.23. The van der Waals surface area contributed by atoms with E-state index in [1.165, 1.54) is 18.4 Å². The Morgan fingerprint density at radius 2 is 2.44 bits per heavy atom. The molecule has 0 aromatic carbocycles. The molecule has 0 saturated carbocycles. The standard InChI is InChI=1S/C13H21N3/c1-3-16-10-12(9-14-16)11(2)15-13-7-5-4-6-8-13/h4-5,9-11,13,15H,3,6-8H2,1-2H3. The molecule has 88 valence electrons. The van der Waals surface area contributed by atoms with Crippen LogP contribution in [0.1, 0.15) is 44.7 Å². The molecule has 1 aliphatic rings. The minimum absolute atomic E-state index is 0.400. The predicted molar refractivity (Wildman–Crippen MR) is 66.2 cm³/mol. The molecular formula is C13H21N3. The zero-order valence-electron chi connectivity index (χ0n) is 10.2. The summed E-state index contributed by atoms with van der Waals surface area (Å²) >= 11 is 0. The van der Waals surface area contributed by atoms with Crippen molar-refractivity contribution in [3.8, 4) is 0 Å². The van der Waals surface area contributed by atoms with Crippen molar-refractivity contribution in [2.45, 2.75) is 51.7 Å². The largest absolute Gasteiger partial charge is 0.307 e. The number of aromatic nitrogens is 2. The van der Waals surface area contributed by atoms with Gasteiger partial charge in [0.2, 0.25) is 0 Å². The number of hydrogen-bond acceptors (Lipinski definition) is 2. The van der Waals surface area contributed by atoms with Crippen LogP contribution in [0.5, 0.6) is 0 Å². The Balaban J connectivity index is 1.91. The van der Waals surface area contributed by atoms with Crippen LogP contribution >= 0.6 is 0 Å². The molecule has 2 unspecified atom stereocenters. The number of allylic oxidation sites excluding steroid dienone is 1. The fraction of sp³-hybridized carbons (Fsp3) is 0.615. The Labute approximate surface area is 97.5 Å². The van der Waals surface area contributed by atoms with Gasteiger partial charge in [0.1, 0.15) is 0 Å².